The number of benzene rings is 1. The summed E-state index contributed by atoms with van der Waals surface area (Å²) in [6.45, 7) is 0.208. The molecule has 1 atom stereocenters. The summed E-state index contributed by atoms with van der Waals surface area (Å²) in [4.78, 5) is 10.7. The molecular formula is C16H21NO5. The Labute approximate surface area is 129 Å². The Hall–Kier alpha value is -2.15. The zero-order valence-electron chi connectivity index (χ0n) is 12.2. The lowest BCUT2D eigenvalue weighted by atomic mass is 10.0. The molecule has 0 aliphatic heterocycles. The zero-order chi connectivity index (χ0) is 16.2. The molecule has 0 spiro atoms. The molecule has 0 aromatic heterocycles. The summed E-state index contributed by atoms with van der Waals surface area (Å²) in [5.74, 6) is 0.0605. The van der Waals surface area contributed by atoms with Crippen molar-refractivity contribution >= 4 is 5.91 Å². The molecule has 6 heteroatoms. The van der Waals surface area contributed by atoms with Crippen LogP contribution in [0.25, 0.3) is 0 Å². The van der Waals surface area contributed by atoms with Gasteiger partial charge in [0.05, 0.1) is 12.7 Å². The van der Waals surface area contributed by atoms with Crippen LogP contribution in [0.15, 0.2) is 48.6 Å². The minimum Gasteiger partial charge on any atom is -0.491 e. The van der Waals surface area contributed by atoms with Crippen LogP contribution in [0.1, 0.15) is 24.5 Å². The first-order valence-corrected chi connectivity index (χ1v) is 6.96. The van der Waals surface area contributed by atoms with Gasteiger partial charge in [-0.15, -0.1) is 0 Å². The van der Waals surface area contributed by atoms with Crippen molar-refractivity contribution in [1.82, 2.24) is 5.48 Å². The first kappa shape index (κ1) is 17.9. The lowest BCUT2D eigenvalue weighted by Crippen LogP contribution is -2.14. The van der Waals surface area contributed by atoms with Gasteiger partial charge in [0, 0.05) is 6.08 Å². The van der Waals surface area contributed by atoms with E-state index in [0.29, 0.717) is 18.6 Å². The van der Waals surface area contributed by atoms with E-state index >= 15 is 0 Å². The zero-order valence-corrected chi connectivity index (χ0v) is 12.2. The molecule has 120 valence electrons. The average molecular weight is 307 g/mol. The molecule has 0 radical (unpaired) electrons. The molecule has 0 saturated carbocycles. The topological polar surface area (TPSA) is 99.0 Å². The highest BCUT2D eigenvalue weighted by Crippen LogP contribution is 2.21. The quantitative estimate of drug-likeness (QED) is 0.240. The second kappa shape index (κ2) is 10.6. The number of carbonyl (C=O) groups is 1. The summed E-state index contributed by atoms with van der Waals surface area (Å²) >= 11 is 0. The third-order valence-corrected chi connectivity index (χ3v) is 2.84. The van der Waals surface area contributed by atoms with Gasteiger partial charge in [0.1, 0.15) is 12.4 Å². The summed E-state index contributed by atoms with van der Waals surface area (Å²) in [5, 5.41) is 27.0. The van der Waals surface area contributed by atoms with E-state index in [1.165, 1.54) is 17.6 Å². The van der Waals surface area contributed by atoms with Crippen molar-refractivity contribution in [2.24, 2.45) is 0 Å². The second-order valence-corrected chi connectivity index (χ2v) is 4.50. The van der Waals surface area contributed by atoms with Crippen molar-refractivity contribution in [2.75, 3.05) is 13.2 Å². The third kappa shape index (κ3) is 7.03. The normalized spacial score (nSPS) is 12.7. The number of ether oxygens (including phenoxy) is 1. The van der Waals surface area contributed by atoms with Gasteiger partial charge >= 0.3 is 0 Å². The van der Waals surface area contributed by atoms with Gasteiger partial charge < -0.3 is 14.9 Å². The maximum Gasteiger partial charge on any atom is 0.267 e. The fourth-order valence-electron chi connectivity index (χ4n) is 1.73. The van der Waals surface area contributed by atoms with Crippen molar-refractivity contribution in [3.05, 3.63) is 54.1 Å². The first-order chi connectivity index (χ1) is 10.7. The average Bonchev–Trinajstić information content (AvgIpc) is 2.56. The smallest absolute Gasteiger partial charge is 0.267 e. The van der Waals surface area contributed by atoms with Gasteiger partial charge in [-0.25, -0.2) is 5.48 Å². The van der Waals surface area contributed by atoms with Crippen LogP contribution in [0.3, 0.4) is 0 Å². The van der Waals surface area contributed by atoms with E-state index in [2.05, 4.69) is 0 Å². The van der Waals surface area contributed by atoms with Gasteiger partial charge in [-0.3, -0.25) is 10.0 Å². The van der Waals surface area contributed by atoms with Gasteiger partial charge in [0.25, 0.3) is 5.91 Å². The van der Waals surface area contributed by atoms with Crippen LogP contribution in [0.4, 0.5) is 0 Å². The minimum absolute atomic E-state index is 0.0366. The molecule has 1 rings (SSSR count). The minimum atomic E-state index is -0.590. The molecule has 1 aromatic carbocycles. The molecular weight excluding hydrogens is 286 g/mol. The highest BCUT2D eigenvalue weighted by molar-refractivity contribution is 5.86. The van der Waals surface area contributed by atoms with Crippen LogP contribution in [-0.4, -0.2) is 34.5 Å². The Morgan fingerprint density at radius 1 is 1.27 bits per heavy atom. The second-order valence-electron chi connectivity index (χ2n) is 4.50. The van der Waals surface area contributed by atoms with E-state index in [1.54, 1.807) is 30.3 Å². The van der Waals surface area contributed by atoms with E-state index in [0.717, 1.165) is 5.56 Å². The Morgan fingerprint density at radius 3 is 2.64 bits per heavy atom. The summed E-state index contributed by atoms with van der Waals surface area (Å²) in [5.41, 5.74) is 2.28. The number of allylic oxidation sites excluding steroid dienone is 3. The lowest BCUT2D eigenvalue weighted by Gasteiger charge is -2.10. The fraction of sp³-hybridized carbons (Fsp3) is 0.312. The predicted molar refractivity (Wildman–Crippen MR) is 81.4 cm³/mol. The molecule has 0 unspecified atom stereocenters. The van der Waals surface area contributed by atoms with Crippen LogP contribution in [0, 0.1) is 0 Å². The molecule has 1 aromatic rings. The Bertz CT molecular complexity index is 496. The molecule has 1 amide bonds. The van der Waals surface area contributed by atoms with Gasteiger partial charge in [-0.05, 0) is 30.5 Å². The number of carbonyl (C=O) groups excluding carboxylic acids is 1. The summed E-state index contributed by atoms with van der Waals surface area (Å²) in [6, 6.07) is 7.07. The standard InChI is InChI=1S/C16H21NO5/c18-11-12-22-14-9-7-13(8-10-14)15(19)5-3-1-2-4-6-16(20)17-21/h1-2,4,6-10,15,18-19,21H,3,5,11-12H2,(H,17,20)/b2-1+,6-4+/t15-/m1/s1. The summed E-state index contributed by atoms with van der Waals surface area (Å²) < 4.78 is 5.24. The van der Waals surface area contributed by atoms with Crippen molar-refractivity contribution in [3.8, 4) is 5.75 Å². The van der Waals surface area contributed by atoms with Crippen molar-refractivity contribution < 1.29 is 25.0 Å². The van der Waals surface area contributed by atoms with Gasteiger partial charge in [-0.1, -0.05) is 30.4 Å². The van der Waals surface area contributed by atoms with E-state index < -0.39 is 12.0 Å². The number of aliphatic hydroxyl groups is 2. The molecule has 0 fully saturated rings. The third-order valence-electron chi connectivity index (χ3n) is 2.84. The Morgan fingerprint density at radius 2 is 2.00 bits per heavy atom. The highest BCUT2D eigenvalue weighted by Gasteiger charge is 2.06. The van der Waals surface area contributed by atoms with Gasteiger partial charge in [0.15, 0.2) is 0 Å². The van der Waals surface area contributed by atoms with Crippen LogP contribution < -0.4 is 10.2 Å². The van der Waals surface area contributed by atoms with Crippen molar-refractivity contribution in [3.63, 3.8) is 0 Å². The number of hydrogen-bond donors (Lipinski definition) is 4. The molecule has 22 heavy (non-hydrogen) atoms. The SMILES string of the molecule is O=C(/C=C/C=C/CC[C@@H](O)c1ccc(OCCO)cc1)NO. The van der Waals surface area contributed by atoms with Gasteiger partial charge in [-0.2, -0.15) is 0 Å². The number of rotatable bonds is 9. The molecule has 0 heterocycles. The molecule has 0 bridgehead atoms. The summed E-state index contributed by atoms with van der Waals surface area (Å²) in [7, 11) is 0. The number of amides is 1. The van der Waals surface area contributed by atoms with E-state index in [1.807, 2.05) is 6.08 Å². The van der Waals surface area contributed by atoms with E-state index in [9.17, 15) is 9.90 Å². The monoisotopic (exact) mass is 307 g/mol. The molecule has 0 aliphatic carbocycles. The predicted octanol–water partition coefficient (Wildman–Crippen LogP) is 1.49. The van der Waals surface area contributed by atoms with Crippen molar-refractivity contribution in [2.45, 2.75) is 18.9 Å². The van der Waals surface area contributed by atoms with E-state index in [4.69, 9.17) is 15.1 Å². The van der Waals surface area contributed by atoms with Crippen LogP contribution >= 0.6 is 0 Å². The molecule has 0 aliphatic rings. The first-order valence-electron chi connectivity index (χ1n) is 6.96. The molecule has 6 nitrogen and oxygen atoms in total. The summed E-state index contributed by atoms with van der Waals surface area (Å²) in [6.07, 6.45) is 6.81. The number of hydrogen-bond acceptors (Lipinski definition) is 5. The van der Waals surface area contributed by atoms with Crippen LogP contribution in [-0.2, 0) is 4.79 Å². The highest BCUT2D eigenvalue weighted by atomic mass is 16.5. The van der Waals surface area contributed by atoms with Crippen LogP contribution in [0.2, 0.25) is 0 Å². The maximum atomic E-state index is 10.7. The Balaban J connectivity index is 2.35. The number of aliphatic hydroxyl groups excluding tert-OH is 2. The van der Waals surface area contributed by atoms with E-state index in [-0.39, 0.29) is 13.2 Å². The number of nitrogens with one attached hydrogen (secondary N) is 1. The number of hydroxylamine groups is 1. The molecule has 4 N–H and O–H groups in total. The maximum absolute atomic E-state index is 10.7. The fourth-order valence-corrected chi connectivity index (χ4v) is 1.73. The Kier molecular flexibility index (Phi) is 8.59. The lowest BCUT2D eigenvalue weighted by molar-refractivity contribution is -0.124. The van der Waals surface area contributed by atoms with Crippen molar-refractivity contribution in [1.29, 1.82) is 0 Å². The largest absolute Gasteiger partial charge is 0.491 e. The van der Waals surface area contributed by atoms with Crippen LogP contribution in [0.5, 0.6) is 5.75 Å². The van der Waals surface area contributed by atoms with Gasteiger partial charge in [0.2, 0.25) is 0 Å². The molecule has 0 saturated heterocycles.